The number of sulfone groups is 1. The Hall–Kier alpha value is -4.26. The average molecular weight is 589 g/mol. The summed E-state index contributed by atoms with van der Waals surface area (Å²) in [4.78, 5) is 6.81. The van der Waals surface area contributed by atoms with Crippen LogP contribution in [-0.4, -0.2) is 24.3 Å². The van der Waals surface area contributed by atoms with Gasteiger partial charge in [0.2, 0.25) is 0 Å². The molecule has 0 aliphatic heterocycles. The van der Waals surface area contributed by atoms with Gasteiger partial charge in [-0.25, -0.2) is 8.42 Å². The minimum Gasteiger partial charge on any atom is -0.457 e. The normalized spacial score (nSPS) is 14.8. The van der Waals surface area contributed by atoms with Gasteiger partial charge in [0.1, 0.15) is 16.9 Å². The molecule has 0 amide bonds. The molecule has 1 aliphatic rings. The summed E-state index contributed by atoms with van der Waals surface area (Å²) in [5.74, 6) is 1.29. The summed E-state index contributed by atoms with van der Waals surface area (Å²) < 4.78 is 35.2. The van der Waals surface area contributed by atoms with Crippen LogP contribution < -0.4 is 4.74 Å². The number of hydrogen-bond acceptors (Lipinski definition) is 5. The summed E-state index contributed by atoms with van der Waals surface area (Å²) in [5, 5.41) is -0.876. The van der Waals surface area contributed by atoms with Crippen molar-refractivity contribution in [2.45, 2.75) is 55.0 Å². The fourth-order valence-corrected chi connectivity index (χ4v) is 7.86. The van der Waals surface area contributed by atoms with E-state index in [1.807, 2.05) is 60.7 Å². The van der Waals surface area contributed by atoms with Crippen LogP contribution >= 0.6 is 0 Å². The Labute approximate surface area is 254 Å². The van der Waals surface area contributed by atoms with E-state index in [1.165, 1.54) is 6.42 Å². The van der Waals surface area contributed by atoms with E-state index < -0.39 is 15.2 Å². The fourth-order valence-electron chi connectivity index (χ4n) is 5.98. The van der Waals surface area contributed by atoms with Crippen LogP contribution in [0.15, 0.2) is 139 Å². The second-order valence-electron chi connectivity index (χ2n) is 11.1. The van der Waals surface area contributed by atoms with Crippen molar-refractivity contribution >= 4 is 9.84 Å². The molecule has 6 heteroatoms. The van der Waals surface area contributed by atoms with Crippen LogP contribution in [0.1, 0.15) is 48.6 Å². The van der Waals surface area contributed by atoms with Gasteiger partial charge in [0.25, 0.3) is 0 Å². The topological polar surface area (TPSA) is 59.5 Å². The van der Waals surface area contributed by atoms with Crippen molar-refractivity contribution < 1.29 is 13.2 Å². The standard InChI is InChI=1S/C37H36N2O3S/c40-43(41,36-24-22-35(23-25-36)42-34-16-8-3-9-17-34)37(32-13-10-26-38-27-32)39(33-14-6-2-7-15-33)28-29-18-20-31(21-19-29)30-11-4-1-5-12-30/h1,3-5,8-13,16-27,33,37H,2,6-7,14-15,28H2. The molecule has 0 radical (unpaired) electrons. The monoisotopic (exact) mass is 588 g/mol. The van der Waals surface area contributed by atoms with Gasteiger partial charge in [-0.1, -0.05) is 98.1 Å². The number of para-hydroxylation sites is 1. The summed E-state index contributed by atoms with van der Waals surface area (Å²) in [5.41, 5.74) is 4.07. The van der Waals surface area contributed by atoms with Gasteiger partial charge < -0.3 is 4.74 Å². The molecule has 1 heterocycles. The van der Waals surface area contributed by atoms with E-state index in [1.54, 1.807) is 36.7 Å². The molecule has 1 aliphatic carbocycles. The maximum Gasteiger partial charge on any atom is 0.198 e. The maximum atomic E-state index is 14.6. The smallest absolute Gasteiger partial charge is 0.198 e. The van der Waals surface area contributed by atoms with E-state index in [9.17, 15) is 8.42 Å². The van der Waals surface area contributed by atoms with Gasteiger partial charge in [-0.3, -0.25) is 9.88 Å². The summed E-state index contributed by atoms with van der Waals surface area (Å²) >= 11 is 0. The van der Waals surface area contributed by atoms with E-state index in [4.69, 9.17) is 4.74 Å². The second-order valence-corrected chi connectivity index (χ2v) is 13.1. The Morgan fingerprint density at radius 3 is 1.98 bits per heavy atom. The van der Waals surface area contributed by atoms with E-state index in [0.29, 0.717) is 23.6 Å². The number of pyridine rings is 1. The van der Waals surface area contributed by atoms with Crippen molar-refractivity contribution in [3.8, 4) is 22.6 Å². The van der Waals surface area contributed by atoms with Gasteiger partial charge >= 0.3 is 0 Å². The number of nitrogens with zero attached hydrogens (tertiary/aromatic N) is 2. The SMILES string of the molecule is O=S(=O)(c1ccc(Oc2ccccc2)cc1)C(c1cccnc1)N(Cc1ccc(-c2ccccc2)cc1)C1CCCCC1. The maximum absolute atomic E-state index is 14.6. The average Bonchev–Trinajstić information content (AvgIpc) is 3.07. The third-order valence-corrected chi connectivity index (χ3v) is 10.2. The second kappa shape index (κ2) is 13.4. The number of benzene rings is 4. The summed E-state index contributed by atoms with van der Waals surface area (Å²) in [6.07, 6.45) is 8.71. The van der Waals surface area contributed by atoms with Crippen LogP contribution in [0.3, 0.4) is 0 Å². The molecule has 1 fully saturated rings. The highest BCUT2D eigenvalue weighted by molar-refractivity contribution is 7.91. The summed E-state index contributed by atoms with van der Waals surface area (Å²) in [6, 6.07) is 38.9. The van der Waals surface area contributed by atoms with Crippen molar-refractivity contribution in [2.75, 3.05) is 0 Å². The van der Waals surface area contributed by atoms with Gasteiger partial charge in [0.05, 0.1) is 4.90 Å². The van der Waals surface area contributed by atoms with Gasteiger partial charge in [0.15, 0.2) is 9.84 Å². The lowest BCUT2D eigenvalue weighted by molar-refractivity contribution is 0.130. The van der Waals surface area contributed by atoms with Gasteiger partial charge in [0, 0.05) is 30.5 Å². The molecule has 1 saturated carbocycles. The molecule has 6 rings (SSSR count). The summed E-state index contributed by atoms with van der Waals surface area (Å²) in [7, 11) is -3.83. The molecule has 0 saturated heterocycles. The molecule has 5 nitrogen and oxygen atoms in total. The first-order valence-electron chi connectivity index (χ1n) is 14.9. The molecule has 5 aromatic rings. The van der Waals surface area contributed by atoms with Gasteiger partial charge in [-0.2, -0.15) is 0 Å². The fraction of sp³-hybridized carbons (Fsp3) is 0.216. The highest BCUT2D eigenvalue weighted by Gasteiger charge is 2.38. The predicted molar refractivity (Wildman–Crippen MR) is 171 cm³/mol. The summed E-state index contributed by atoms with van der Waals surface area (Å²) in [6.45, 7) is 0.522. The molecule has 1 aromatic heterocycles. The molecule has 1 atom stereocenters. The van der Waals surface area contributed by atoms with Crippen LogP contribution in [0.5, 0.6) is 11.5 Å². The molecule has 218 valence electrons. The zero-order chi connectivity index (χ0) is 29.5. The lowest BCUT2D eigenvalue weighted by Gasteiger charge is -2.39. The predicted octanol–water partition coefficient (Wildman–Crippen LogP) is 8.85. The number of ether oxygens (including phenoxy) is 1. The van der Waals surface area contributed by atoms with Crippen molar-refractivity contribution in [2.24, 2.45) is 0 Å². The van der Waals surface area contributed by atoms with Crippen LogP contribution in [0.2, 0.25) is 0 Å². The number of aromatic nitrogens is 1. The van der Waals surface area contributed by atoms with Crippen molar-refractivity contribution in [1.82, 2.24) is 9.88 Å². The quantitative estimate of drug-likeness (QED) is 0.163. The van der Waals surface area contributed by atoms with E-state index >= 15 is 0 Å². The molecule has 0 bridgehead atoms. The molecular weight excluding hydrogens is 552 g/mol. The Balaban J connectivity index is 1.35. The first-order chi connectivity index (χ1) is 21.1. The van der Waals surface area contributed by atoms with Gasteiger partial charge in [-0.05, 0) is 72.0 Å². The molecule has 0 spiro atoms. The van der Waals surface area contributed by atoms with Gasteiger partial charge in [-0.15, -0.1) is 0 Å². The lowest BCUT2D eigenvalue weighted by Crippen LogP contribution is -2.42. The Bertz CT molecular complexity index is 1690. The number of rotatable bonds is 10. The third-order valence-electron chi connectivity index (χ3n) is 8.17. The molecule has 4 aromatic carbocycles. The van der Waals surface area contributed by atoms with Crippen LogP contribution in [0.25, 0.3) is 11.1 Å². The highest BCUT2D eigenvalue weighted by Crippen LogP contribution is 2.39. The Kier molecular flexibility index (Phi) is 8.96. The van der Waals surface area contributed by atoms with E-state index in [-0.39, 0.29) is 10.9 Å². The minimum atomic E-state index is -3.83. The van der Waals surface area contributed by atoms with E-state index in [0.717, 1.165) is 42.4 Å². The Morgan fingerprint density at radius 2 is 1.33 bits per heavy atom. The third kappa shape index (κ3) is 6.87. The zero-order valence-electron chi connectivity index (χ0n) is 24.1. The van der Waals surface area contributed by atoms with E-state index in [2.05, 4.69) is 46.3 Å². The molecular formula is C37H36N2O3S. The Morgan fingerprint density at radius 1 is 0.698 bits per heavy atom. The molecule has 1 unspecified atom stereocenters. The first kappa shape index (κ1) is 28.8. The molecule has 43 heavy (non-hydrogen) atoms. The zero-order valence-corrected chi connectivity index (χ0v) is 24.9. The van der Waals surface area contributed by atoms with Crippen molar-refractivity contribution in [3.63, 3.8) is 0 Å². The highest BCUT2D eigenvalue weighted by atomic mass is 32.2. The number of hydrogen-bond donors (Lipinski definition) is 0. The first-order valence-corrected chi connectivity index (χ1v) is 16.5. The largest absolute Gasteiger partial charge is 0.457 e. The van der Waals surface area contributed by atoms with Crippen LogP contribution in [0.4, 0.5) is 0 Å². The van der Waals surface area contributed by atoms with Crippen molar-refractivity contribution in [3.05, 3.63) is 145 Å². The minimum absolute atomic E-state index is 0.142. The lowest BCUT2D eigenvalue weighted by atomic mass is 9.93. The van der Waals surface area contributed by atoms with Crippen LogP contribution in [-0.2, 0) is 16.4 Å². The molecule has 0 N–H and O–H groups in total. The van der Waals surface area contributed by atoms with Crippen LogP contribution in [0, 0.1) is 0 Å². The van der Waals surface area contributed by atoms with Crippen molar-refractivity contribution in [1.29, 1.82) is 0 Å².